The molecule has 6 nitrogen and oxygen atoms in total. The number of aromatic nitrogens is 2. The molecular weight excluding hydrogens is 362 g/mol. The van der Waals surface area contributed by atoms with E-state index in [4.69, 9.17) is 0 Å². The fourth-order valence-electron chi connectivity index (χ4n) is 1.92. The van der Waals surface area contributed by atoms with Gasteiger partial charge in [-0.3, -0.25) is 4.79 Å². The van der Waals surface area contributed by atoms with Crippen LogP contribution < -0.4 is 5.32 Å². The second-order valence-electron chi connectivity index (χ2n) is 4.99. The zero-order chi connectivity index (χ0) is 16.0. The Morgan fingerprint density at radius 2 is 2.09 bits per heavy atom. The number of thioether (sulfide) groups is 2. The quantitative estimate of drug-likeness (QED) is 0.543. The number of hydrogen-bond acceptors (Lipinski definition) is 8. The lowest BCUT2D eigenvalue weighted by atomic mass is 10.3. The molecule has 1 unspecified atom stereocenters. The van der Waals surface area contributed by atoms with E-state index in [9.17, 15) is 13.2 Å². The van der Waals surface area contributed by atoms with Crippen LogP contribution in [0.4, 0.5) is 0 Å². The van der Waals surface area contributed by atoms with Gasteiger partial charge in [0.05, 0.1) is 17.3 Å². The van der Waals surface area contributed by atoms with Crippen LogP contribution in [0.15, 0.2) is 8.68 Å². The molecule has 10 heteroatoms. The molecule has 124 valence electrons. The van der Waals surface area contributed by atoms with E-state index in [1.54, 1.807) is 11.8 Å². The molecule has 1 atom stereocenters. The van der Waals surface area contributed by atoms with Gasteiger partial charge in [0.25, 0.3) is 0 Å². The average Bonchev–Trinajstić information content (AvgIpc) is 3.03. The van der Waals surface area contributed by atoms with Gasteiger partial charge in [-0.2, -0.15) is 0 Å². The SMILES string of the molecule is CCCCSc1nnc(SCC(=O)NC2CCS(=O)(=O)C2)s1. The number of sulfone groups is 1. The third kappa shape index (κ3) is 6.05. The second kappa shape index (κ2) is 8.51. The Morgan fingerprint density at radius 1 is 1.36 bits per heavy atom. The standard InChI is InChI=1S/C12H19N3O3S4/c1-2-3-5-19-11-14-15-12(21-11)20-7-10(16)13-9-4-6-22(17,18)8-9/h9H,2-8H2,1H3,(H,13,16). The molecule has 0 aromatic carbocycles. The Balaban J connectivity index is 1.70. The summed E-state index contributed by atoms with van der Waals surface area (Å²) in [6, 6.07) is -0.243. The summed E-state index contributed by atoms with van der Waals surface area (Å²) in [5.74, 6) is 1.35. The van der Waals surface area contributed by atoms with Gasteiger partial charge in [0.1, 0.15) is 0 Å². The molecule has 1 saturated heterocycles. The fourth-order valence-corrected chi connectivity index (χ4v) is 6.58. The summed E-state index contributed by atoms with van der Waals surface area (Å²) in [6.45, 7) is 2.15. The van der Waals surface area contributed by atoms with Crippen LogP contribution in [0.2, 0.25) is 0 Å². The number of nitrogens with one attached hydrogen (secondary N) is 1. The van der Waals surface area contributed by atoms with E-state index in [0.29, 0.717) is 6.42 Å². The minimum absolute atomic E-state index is 0.0560. The normalized spacial score (nSPS) is 20.1. The molecular formula is C12H19N3O3S4. The van der Waals surface area contributed by atoms with Crippen LogP contribution in [0.3, 0.4) is 0 Å². The van der Waals surface area contributed by atoms with Crippen LogP contribution in [-0.4, -0.2) is 53.6 Å². The van der Waals surface area contributed by atoms with E-state index in [0.717, 1.165) is 27.3 Å². The number of amides is 1. The number of rotatable bonds is 8. The number of unbranched alkanes of at least 4 members (excludes halogenated alkanes) is 1. The first kappa shape index (κ1) is 18.0. The van der Waals surface area contributed by atoms with Crippen molar-refractivity contribution in [2.24, 2.45) is 0 Å². The van der Waals surface area contributed by atoms with E-state index in [-0.39, 0.29) is 29.2 Å². The van der Waals surface area contributed by atoms with Gasteiger partial charge in [-0.15, -0.1) is 10.2 Å². The molecule has 1 aliphatic heterocycles. The monoisotopic (exact) mass is 381 g/mol. The van der Waals surface area contributed by atoms with E-state index in [1.165, 1.54) is 23.1 Å². The van der Waals surface area contributed by atoms with Gasteiger partial charge < -0.3 is 5.32 Å². The van der Waals surface area contributed by atoms with Crippen molar-refractivity contribution in [3.8, 4) is 0 Å². The van der Waals surface area contributed by atoms with Crippen molar-refractivity contribution in [1.29, 1.82) is 0 Å². The number of carbonyl (C=O) groups excluding carboxylic acids is 1. The van der Waals surface area contributed by atoms with E-state index in [1.807, 2.05) is 0 Å². The Kier molecular flexibility index (Phi) is 6.97. The van der Waals surface area contributed by atoms with Gasteiger partial charge in [-0.1, -0.05) is 48.2 Å². The van der Waals surface area contributed by atoms with Crippen LogP contribution >= 0.6 is 34.9 Å². The lowest BCUT2D eigenvalue weighted by Gasteiger charge is -2.09. The smallest absolute Gasteiger partial charge is 0.230 e. The highest BCUT2D eigenvalue weighted by Gasteiger charge is 2.28. The molecule has 0 radical (unpaired) electrons. The maximum Gasteiger partial charge on any atom is 0.230 e. The molecule has 0 spiro atoms. The molecule has 2 rings (SSSR count). The molecule has 1 amide bonds. The minimum Gasteiger partial charge on any atom is -0.352 e. The predicted octanol–water partition coefficient (Wildman–Crippen LogP) is 1.83. The lowest BCUT2D eigenvalue weighted by molar-refractivity contribution is -0.119. The van der Waals surface area contributed by atoms with E-state index in [2.05, 4.69) is 22.4 Å². The molecule has 1 aromatic heterocycles. The molecule has 1 aliphatic rings. The minimum atomic E-state index is -2.96. The van der Waals surface area contributed by atoms with Crippen LogP contribution in [-0.2, 0) is 14.6 Å². The van der Waals surface area contributed by atoms with Gasteiger partial charge in [0.2, 0.25) is 5.91 Å². The van der Waals surface area contributed by atoms with Crippen LogP contribution in [0.25, 0.3) is 0 Å². The zero-order valence-electron chi connectivity index (χ0n) is 12.3. The summed E-state index contributed by atoms with van der Waals surface area (Å²) in [5, 5.41) is 10.9. The molecule has 1 N–H and O–H groups in total. The van der Waals surface area contributed by atoms with Crippen LogP contribution in [0.5, 0.6) is 0 Å². The predicted molar refractivity (Wildman–Crippen MR) is 91.5 cm³/mol. The second-order valence-corrected chi connectivity index (χ2v) is 10.8. The third-order valence-electron chi connectivity index (χ3n) is 3.04. The first-order valence-corrected chi connectivity index (χ1v) is 11.7. The van der Waals surface area contributed by atoms with Crippen LogP contribution in [0, 0.1) is 0 Å². The number of hydrogen-bond donors (Lipinski definition) is 1. The fraction of sp³-hybridized carbons (Fsp3) is 0.750. The van der Waals surface area contributed by atoms with Gasteiger partial charge in [0.15, 0.2) is 18.5 Å². The molecule has 22 heavy (non-hydrogen) atoms. The highest BCUT2D eigenvalue weighted by atomic mass is 32.2. The zero-order valence-corrected chi connectivity index (χ0v) is 15.5. The Labute approximate surface area is 143 Å². The number of carbonyl (C=O) groups is 1. The van der Waals surface area contributed by atoms with E-state index >= 15 is 0 Å². The molecule has 1 fully saturated rings. The Bertz CT molecular complexity index is 603. The van der Waals surface area contributed by atoms with Crippen molar-refractivity contribution < 1.29 is 13.2 Å². The highest BCUT2D eigenvalue weighted by molar-refractivity contribution is 8.03. The van der Waals surface area contributed by atoms with Gasteiger partial charge >= 0.3 is 0 Å². The van der Waals surface area contributed by atoms with Crippen molar-refractivity contribution in [3.05, 3.63) is 0 Å². The third-order valence-corrected chi connectivity index (χ3v) is 8.08. The summed E-state index contributed by atoms with van der Waals surface area (Å²) in [6.07, 6.45) is 2.82. The molecule has 0 saturated carbocycles. The summed E-state index contributed by atoms with van der Waals surface area (Å²) >= 11 is 4.53. The summed E-state index contributed by atoms with van der Waals surface area (Å²) in [7, 11) is -2.96. The molecule has 1 aromatic rings. The lowest BCUT2D eigenvalue weighted by Crippen LogP contribution is -2.36. The van der Waals surface area contributed by atoms with Crippen molar-refractivity contribution in [2.75, 3.05) is 23.0 Å². The Hall–Kier alpha value is -0.320. The highest BCUT2D eigenvalue weighted by Crippen LogP contribution is 2.29. The molecule has 0 bridgehead atoms. The maximum atomic E-state index is 11.8. The summed E-state index contributed by atoms with van der Waals surface area (Å²) < 4.78 is 24.4. The largest absolute Gasteiger partial charge is 0.352 e. The van der Waals surface area contributed by atoms with Crippen molar-refractivity contribution >= 4 is 50.6 Å². The first-order chi connectivity index (χ1) is 10.5. The molecule has 2 heterocycles. The van der Waals surface area contributed by atoms with Gasteiger partial charge in [-0.05, 0) is 12.8 Å². The Morgan fingerprint density at radius 3 is 2.73 bits per heavy atom. The maximum absolute atomic E-state index is 11.8. The van der Waals surface area contributed by atoms with Crippen LogP contribution in [0.1, 0.15) is 26.2 Å². The summed E-state index contributed by atoms with van der Waals surface area (Å²) in [5.41, 5.74) is 0. The topological polar surface area (TPSA) is 89.0 Å². The van der Waals surface area contributed by atoms with Crippen molar-refractivity contribution in [1.82, 2.24) is 15.5 Å². The van der Waals surface area contributed by atoms with Crippen molar-refractivity contribution in [3.63, 3.8) is 0 Å². The van der Waals surface area contributed by atoms with Gasteiger partial charge in [0, 0.05) is 11.8 Å². The van der Waals surface area contributed by atoms with E-state index < -0.39 is 9.84 Å². The number of nitrogens with zero attached hydrogens (tertiary/aromatic N) is 2. The van der Waals surface area contributed by atoms with Crippen molar-refractivity contribution in [2.45, 2.75) is 40.9 Å². The molecule has 0 aliphatic carbocycles. The summed E-state index contributed by atoms with van der Waals surface area (Å²) in [4.78, 5) is 11.8. The average molecular weight is 382 g/mol. The first-order valence-electron chi connectivity index (χ1n) is 7.07. The van der Waals surface area contributed by atoms with Gasteiger partial charge in [-0.25, -0.2) is 8.42 Å².